The minimum absolute atomic E-state index is 0.177. The van der Waals surface area contributed by atoms with Crippen molar-refractivity contribution in [1.29, 1.82) is 0 Å². The van der Waals surface area contributed by atoms with Gasteiger partial charge in [0.05, 0.1) is 33.0 Å². The van der Waals surface area contributed by atoms with Crippen molar-refractivity contribution in [2.45, 2.75) is 64.4 Å². The lowest BCUT2D eigenvalue weighted by Gasteiger charge is -2.86. The third-order valence-corrected chi connectivity index (χ3v) is 12.1. The van der Waals surface area contributed by atoms with Crippen molar-refractivity contribution in [1.82, 2.24) is 15.7 Å². The summed E-state index contributed by atoms with van der Waals surface area (Å²) in [4.78, 5) is 35.5. The highest BCUT2D eigenvalue weighted by Gasteiger charge is 2.83. The second-order valence-corrected chi connectivity index (χ2v) is 15.1. The zero-order valence-electron chi connectivity index (χ0n) is 29.4. The second-order valence-electron chi connectivity index (χ2n) is 15.1. The SMILES string of the molecule is COCCNC(=O)c1cc(-c2cccc(CN3O[C@@H](CO)[C@@H]([C@H](C)O)[C@H]3C(=O)N[C@@]34C[C@H]5C3[C@@H]([C@@H]4C)C5(C)C)c2OC)cc(N(C)C)c1. The van der Waals surface area contributed by atoms with E-state index >= 15 is 0 Å². The van der Waals surface area contributed by atoms with Gasteiger partial charge in [-0.25, -0.2) is 0 Å². The van der Waals surface area contributed by atoms with Crippen LogP contribution in [0.3, 0.4) is 0 Å². The molecular formula is C37H52N4O7. The molecule has 1 unspecified atom stereocenters. The van der Waals surface area contributed by atoms with E-state index in [1.807, 2.05) is 55.4 Å². The van der Waals surface area contributed by atoms with Crippen molar-refractivity contribution < 1.29 is 34.1 Å². The van der Waals surface area contributed by atoms with Crippen molar-refractivity contribution in [3.05, 3.63) is 47.5 Å². The number of benzene rings is 2. The van der Waals surface area contributed by atoms with Crippen molar-refractivity contribution in [3.63, 3.8) is 0 Å². The average molecular weight is 665 g/mol. The Balaban J connectivity index is 1.30. The summed E-state index contributed by atoms with van der Waals surface area (Å²) >= 11 is 0. The van der Waals surface area contributed by atoms with E-state index in [0.717, 1.165) is 28.8 Å². The van der Waals surface area contributed by atoms with Gasteiger partial charge in [0.25, 0.3) is 5.91 Å². The summed E-state index contributed by atoms with van der Waals surface area (Å²) in [5.74, 6) is 1.68. The highest BCUT2D eigenvalue weighted by molar-refractivity contribution is 5.97. The first-order chi connectivity index (χ1) is 22.8. The molecule has 9 atom stereocenters. The van der Waals surface area contributed by atoms with Gasteiger partial charge in [0.2, 0.25) is 5.91 Å². The maximum atomic E-state index is 14.3. The number of methoxy groups -OCH3 is 2. The molecule has 4 aliphatic rings. The van der Waals surface area contributed by atoms with Gasteiger partial charge in [-0.3, -0.25) is 14.4 Å². The number of carbonyl (C=O) groups excluding carboxylic acids is 2. The van der Waals surface area contributed by atoms with Crippen LogP contribution >= 0.6 is 0 Å². The van der Waals surface area contributed by atoms with E-state index < -0.39 is 24.2 Å². The van der Waals surface area contributed by atoms with Crippen molar-refractivity contribution in [2.75, 3.05) is 53.0 Å². The van der Waals surface area contributed by atoms with Crippen LogP contribution in [0.5, 0.6) is 5.75 Å². The lowest BCUT2D eigenvalue weighted by atomic mass is 9.21. The monoisotopic (exact) mass is 664 g/mol. The van der Waals surface area contributed by atoms with Crippen LogP contribution in [-0.2, 0) is 20.9 Å². The molecule has 0 bridgehead atoms. The standard InChI is InChI=1S/C37H52N4O7/c1-20-30-31-27(36(30,3)4)17-37(20,31)39-35(45)32-29(21(2)43)28(19-42)48-41(32)18-22-10-9-11-26(33(22)47-8)23-14-24(16-25(15-23)40(5)6)34(44)38-12-13-46-7/h9-11,14-16,20-21,27-32,42-43H,12-13,17-19H2,1-8H3,(H,38,44)(H,39,45)/t20-,21-,27-,28-,29+,30+,31?,32-,37+/m0/s1. The number of amides is 2. The van der Waals surface area contributed by atoms with Crippen LogP contribution < -0.4 is 20.3 Å². The van der Waals surface area contributed by atoms with Crippen molar-refractivity contribution >= 4 is 17.5 Å². The number of hydrogen-bond donors (Lipinski definition) is 4. The highest BCUT2D eigenvalue weighted by atomic mass is 16.7. The molecule has 0 spiro atoms. The van der Waals surface area contributed by atoms with E-state index in [0.29, 0.717) is 53.6 Å². The molecule has 48 heavy (non-hydrogen) atoms. The Morgan fingerprint density at radius 2 is 1.92 bits per heavy atom. The molecule has 2 aromatic carbocycles. The fourth-order valence-corrected chi connectivity index (χ4v) is 9.66. The molecule has 3 aliphatic carbocycles. The molecule has 2 amide bonds. The topological polar surface area (TPSA) is 133 Å². The Hall–Kier alpha value is -3.22. The molecule has 4 N–H and O–H groups in total. The number of hydroxylamine groups is 2. The third kappa shape index (κ3) is 5.38. The number of aliphatic hydroxyl groups excluding tert-OH is 2. The molecule has 3 saturated carbocycles. The van der Waals surface area contributed by atoms with Gasteiger partial charge < -0.3 is 35.2 Å². The molecular weight excluding hydrogens is 612 g/mol. The van der Waals surface area contributed by atoms with Gasteiger partial charge in [-0.05, 0) is 66.2 Å². The summed E-state index contributed by atoms with van der Waals surface area (Å²) in [6.45, 7) is 9.24. The van der Waals surface area contributed by atoms with E-state index in [2.05, 4.69) is 31.4 Å². The van der Waals surface area contributed by atoms with Gasteiger partial charge in [0, 0.05) is 61.6 Å². The first kappa shape index (κ1) is 34.6. The number of carbonyl (C=O) groups is 2. The highest BCUT2D eigenvalue weighted by Crippen LogP contribution is 2.81. The summed E-state index contributed by atoms with van der Waals surface area (Å²) in [7, 11) is 7.03. The number of para-hydroxylation sites is 1. The Labute approximate surface area is 283 Å². The fourth-order valence-electron chi connectivity index (χ4n) is 9.66. The summed E-state index contributed by atoms with van der Waals surface area (Å²) in [5.41, 5.74) is 3.78. The summed E-state index contributed by atoms with van der Waals surface area (Å²) in [6, 6.07) is 10.6. The number of nitrogens with zero attached hydrogens (tertiary/aromatic N) is 2. The fraction of sp³-hybridized carbons (Fsp3) is 0.622. The first-order valence-electron chi connectivity index (χ1n) is 17.1. The molecule has 262 valence electrons. The van der Waals surface area contributed by atoms with Crippen LogP contribution in [0.2, 0.25) is 0 Å². The third-order valence-electron chi connectivity index (χ3n) is 12.1. The lowest BCUT2D eigenvalue weighted by Crippen LogP contribution is -2.90. The lowest BCUT2D eigenvalue weighted by molar-refractivity contribution is -0.349. The van der Waals surface area contributed by atoms with Gasteiger partial charge in [-0.2, -0.15) is 5.06 Å². The maximum Gasteiger partial charge on any atom is 0.251 e. The molecule has 1 saturated heterocycles. The minimum Gasteiger partial charge on any atom is -0.496 e. The van der Waals surface area contributed by atoms with Crippen LogP contribution in [0.15, 0.2) is 36.4 Å². The van der Waals surface area contributed by atoms with Crippen molar-refractivity contribution in [3.8, 4) is 16.9 Å². The molecule has 1 aliphatic heterocycles. The Morgan fingerprint density at radius 1 is 1.17 bits per heavy atom. The largest absolute Gasteiger partial charge is 0.496 e. The molecule has 11 nitrogen and oxygen atoms in total. The molecule has 4 fully saturated rings. The summed E-state index contributed by atoms with van der Waals surface area (Å²) in [5, 5.41) is 29.1. The van der Waals surface area contributed by atoms with E-state index in [-0.39, 0.29) is 30.5 Å². The maximum absolute atomic E-state index is 14.3. The molecule has 2 aromatic rings. The number of aliphatic hydroxyl groups is 2. The Kier molecular flexibility index (Phi) is 9.32. The van der Waals surface area contributed by atoms with Crippen molar-refractivity contribution in [2.24, 2.45) is 35.0 Å². The van der Waals surface area contributed by atoms with Crippen LogP contribution in [0.4, 0.5) is 5.69 Å². The Morgan fingerprint density at radius 3 is 2.52 bits per heavy atom. The summed E-state index contributed by atoms with van der Waals surface area (Å²) in [6.07, 6.45) is -0.662. The molecule has 6 rings (SSSR count). The number of nitrogens with one attached hydrogen (secondary N) is 2. The van der Waals surface area contributed by atoms with Gasteiger partial charge in [-0.1, -0.05) is 39.0 Å². The number of hydrogen-bond acceptors (Lipinski definition) is 9. The minimum atomic E-state index is -0.890. The predicted octanol–water partition coefficient (Wildman–Crippen LogP) is 3.07. The second kappa shape index (κ2) is 12.9. The van der Waals surface area contributed by atoms with Crippen LogP contribution in [0.25, 0.3) is 11.1 Å². The van der Waals surface area contributed by atoms with E-state index in [9.17, 15) is 19.8 Å². The normalized spacial score (nSPS) is 31.8. The molecule has 0 aromatic heterocycles. The van der Waals surface area contributed by atoms with Crippen LogP contribution in [-0.4, -0.2) is 99.0 Å². The van der Waals surface area contributed by atoms with E-state index in [4.69, 9.17) is 14.3 Å². The van der Waals surface area contributed by atoms with Gasteiger partial charge in [-0.15, -0.1) is 0 Å². The van der Waals surface area contributed by atoms with Crippen LogP contribution in [0.1, 0.15) is 50.0 Å². The summed E-state index contributed by atoms with van der Waals surface area (Å²) < 4.78 is 11.1. The quantitative estimate of drug-likeness (QED) is 0.239. The molecule has 11 heteroatoms. The number of anilines is 1. The Bertz CT molecular complexity index is 1540. The van der Waals surface area contributed by atoms with Gasteiger partial charge in [0.15, 0.2) is 0 Å². The average Bonchev–Trinajstić information content (AvgIpc) is 3.42. The predicted molar refractivity (Wildman–Crippen MR) is 182 cm³/mol. The zero-order chi connectivity index (χ0) is 34.7. The molecule has 0 radical (unpaired) electrons. The first-order valence-corrected chi connectivity index (χ1v) is 17.1. The zero-order valence-corrected chi connectivity index (χ0v) is 29.4. The van der Waals surface area contributed by atoms with Gasteiger partial charge >= 0.3 is 0 Å². The number of rotatable bonds is 13. The van der Waals surface area contributed by atoms with E-state index in [1.165, 1.54) is 0 Å². The van der Waals surface area contributed by atoms with Crippen LogP contribution in [0, 0.1) is 35.0 Å². The number of ether oxygens (including phenoxy) is 2. The molecule has 1 heterocycles. The smallest absolute Gasteiger partial charge is 0.251 e. The van der Waals surface area contributed by atoms with E-state index in [1.54, 1.807) is 26.2 Å². The van der Waals surface area contributed by atoms with Gasteiger partial charge in [0.1, 0.15) is 17.9 Å².